The van der Waals surface area contributed by atoms with Crippen molar-refractivity contribution in [3.63, 3.8) is 0 Å². The van der Waals surface area contributed by atoms with Gasteiger partial charge in [0.05, 0.1) is 18.2 Å². The third-order valence-corrected chi connectivity index (χ3v) is 2.91. The Morgan fingerprint density at radius 1 is 1.48 bits per heavy atom. The third-order valence-electron chi connectivity index (χ3n) is 2.91. The number of amides is 1. The van der Waals surface area contributed by atoms with Gasteiger partial charge in [-0.05, 0) is 19.1 Å². The maximum Gasteiger partial charge on any atom is 0.253 e. The van der Waals surface area contributed by atoms with Gasteiger partial charge in [-0.1, -0.05) is 24.0 Å². The molecule has 0 aliphatic carbocycles. The first-order chi connectivity index (χ1) is 10.2. The number of hydrogen-bond acceptors (Lipinski definition) is 3. The van der Waals surface area contributed by atoms with E-state index < -0.39 is 0 Å². The zero-order chi connectivity index (χ0) is 15.1. The fraction of sp³-hybridized carbons (Fsp3) is 0.250. The van der Waals surface area contributed by atoms with E-state index in [4.69, 9.17) is 5.11 Å². The minimum absolute atomic E-state index is 0.0108. The third kappa shape index (κ3) is 3.94. The Hall–Kier alpha value is -2.58. The van der Waals surface area contributed by atoms with Gasteiger partial charge >= 0.3 is 0 Å². The molecule has 0 saturated heterocycles. The maximum absolute atomic E-state index is 12.3. The summed E-state index contributed by atoms with van der Waals surface area (Å²) in [4.78, 5) is 19.4. The Balaban J connectivity index is 2.14. The second-order valence-corrected chi connectivity index (χ2v) is 4.49. The monoisotopic (exact) mass is 283 g/mol. The molecule has 0 fully saturated rings. The van der Waals surface area contributed by atoms with Crippen LogP contribution in [-0.2, 0) is 0 Å². The summed E-state index contributed by atoms with van der Waals surface area (Å²) < 4.78 is 0. The van der Waals surface area contributed by atoms with E-state index in [1.165, 1.54) is 0 Å². The van der Waals surface area contributed by atoms with E-state index in [2.05, 4.69) is 27.1 Å². The van der Waals surface area contributed by atoms with E-state index in [1.54, 1.807) is 30.6 Å². The number of hydrogen-bond donors (Lipinski definition) is 3. The van der Waals surface area contributed by atoms with E-state index in [-0.39, 0.29) is 18.6 Å². The highest BCUT2D eigenvalue weighted by Gasteiger charge is 2.14. The van der Waals surface area contributed by atoms with Crippen LogP contribution >= 0.6 is 0 Å². The molecule has 1 unspecified atom stereocenters. The van der Waals surface area contributed by atoms with E-state index in [0.717, 1.165) is 0 Å². The summed E-state index contributed by atoms with van der Waals surface area (Å²) in [5.41, 5.74) is 1.16. The van der Waals surface area contributed by atoms with Crippen molar-refractivity contribution in [1.82, 2.24) is 15.3 Å². The molecule has 0 aliphatic rings. The standard InChI is InChI=1S/C16H17N3O2/c1-12(15-17-9-10-18-15)19-16(21)14-8-3-2-6-13(14)7-4-5-11-20/h2-3,6,8-10,12,20H,5,11H2,1H3,(H,17,18)(H,19,21). The Labute approximate surface area is 123 Å². The Morgan fingerprint density at radius 2 is 2.29 bits per heavy atom. The summed E-state index contributed by atoms with van der Waals surface area (Å²) in [5.74, 6) is 6.24. The first kappa shape index (κ1) is 14.8. The first-order valence-electron chi connectivity index (χ1n) is 6.71. The summed E-state index contributed by atoms with van der Waals surface area (Å²) in [6, 6.07) is 6.93. The van der Waals surface area contributed by atoms with Gasteiger partial charge in [0.2, 0.25) is 0 Å². The number of imidazole rings is 1. The zero-order valence-electron chi connectivity index (χ0n) is 11.8. The fourth-order valence-electron chi connectivity index (χ4n) is 1.86. The van der Waals surface area contributed by atoms with Crippen LogP contribution in [0.25, 0.3) is 0 Å². The molecule has 0 bridgehead atoms. The molecule has 0 spiro atoms. The number of carbonyl (C=O) groups excluding carboxylic acids is 1. The van der Waals surface area contributed by atoms with Crippen LogP contribution < -0.4 is 5.32 Å². The van der Waals surface area contributed by atoms with Gasteiger partial charge in [0.1, 0.15) is 5.82 Å². The normalized spacial score (nSPS) is 11.3. The van der Waals surface area contributed by atoms with Crippen molar-refractivity contribution >= 4 is 5.91 Å². The Kier molecular flexibility index (Phi) is 5.13. The number of carbonyl (C=O) groups is 1. The summed E-state index contributed by atoms with van der Waals surface area (Å²) >= 11 is 0. The smallest absolute Gasteiger partial charge is 0.253 e. The van der Waals surface area contributed by atoms with Gasteiger partial charge < -0.3 is 15.4 Å². The summed E-state index contributed by atoms with van der Waals surface area (Å²) in [5, 5.41) is 11.6. The van der Waals surface area contributed by atoms with Crippen molar-refractivity contribution in [3.8, 4) is 11.8 Å². The molecule has 2 aromatic rings. The van der Waals surface area contributed by atoms with Crippen LogP contribution in [0.3, 0.4) is 0 Å². The number of rotatable bonds is 4. The topological polar surface area (TPSA) is 78.0 Å². The van der Waals surface area contributed by atoms with E-state index in [0.29, 0.717) is 23.4 Å². The number of benzene rings is 1. The van der Waals surface area contributed by atoms with Gasteiger partial charge in [-0.2, -0.15) is 0 Å². The lowest BCUT2D eigenvalue weighted by Gasteiger charge is -2.12. The molecule has 5 nitrogen and oxygen atoms in total. The molecule has 2 rings (SSSR count). The molecule has 1 aromatic carbocycles. The van der Waals surface area contributed by atoms with Gasteiger partial charge in [0.15, 0.2) is 0 Å². The summed E-state index contributed by atoms with van der Waals surface area (Å²) in [7, 11) is 0. The summed E-state index contributed by atoms with van der Waals surface area (Å²) in [6.45, 7) is 1.87. The van der Waals surface area contributed by atoms with Gasteiger partial charge in [-0.25, -0.2) is 4.98 Å². The van der Waals surface area contributed by atoms with E-state index >= 15 is 0 Å². The molecule has 1 atom stereocenters. The number of aromatic nitrogens is 2. The molecular formula is C16H17N3O2. The number of aromatic amines is 1. The molecule has 5 heteroatoms. The van der Waals surface area contributed by atoms with Gasteiger partial charge in [0, 0.05) is 24.4 Å². The number of H-pyrrole nitrogens is 1. The van der Waals surface area contributed by atoms with E-state index in [1.807, 2.05) is 13.0 Å². The second-order valence-electron chi connectivity index (χ2n) is 4.49. The lowest BCUT2D eigenvalue weighted by Crippen LogP contribution is -2.28. The average Bonchev–Trinajstić information content (AvgIpc) is 3.02. The van der Waals surface area contributed by atoms with Crippen molar-refractivity contribution < 1.29 is 9.90 Å². The van der Waals surface area contributed by atoms with E-state index in [9.17, 15) is 4.79 Å². The highest BCUT2D eigenvalue weighted by molar-refractivity contribution is 5.96. The number of aliphatic hydroxyl groups is 1. The molecule has 3 N–H and O–H groups in total. The quantitative estimate of drug-likeness (QED) is 0.746. The van der Waals surface area contributed by atoms with Crippen molar-refractivity contribution in [3.05, 3.63) is 53.6 Å². The lowest BCUT2D eigenvalue weighted by atomic mass is 10.1. The molecule has 0 saturated carbocycles. The number of nitrogens with one attached hydrogen (secondary N) is 2. The first-order valence-corrected chi connectivity index (χ1v) is 6.71. The summed E-state index contributed by atoms with van der Waals surface area (Å²) in [6.07, 6.45) is 3.75. The molecule has 1 heterocycles. The van der Waals surface area contributed by atoms with Crippen LogP contribution in [0.5, 0.6) is 0 Å². The number of aliphatic hydroxyl groups excluding tert-OH is 1. The Bertz CT molecular complexity index is 654. The van der Waals surface area contributed by atoms with Gasteiger partial charge in [-0.3, -0.25) is 4.79 Å². The van der Waals surface area contributed by atoms with Crippen molar-refractivity contribution in [2.24, 2.45) is 0 Å². The van der Waals surface area contributed by atoms with Crippen LogP contribution in [0.1, 0.15) is 41.1 Å². The van der Waals surface area contributed by atoms with Gasteiger partial charge in [0.25, 0.3) is 5.91 Å². The van der Waals surface area contributed by atoms with Crippen molar-refractivity contribution in [1.29, 1.82) is 0 Å². The second kappa shape index (κ2) is 7.27. The van der Waals surface area contributed by atoms with Crippen LogP contribution in [0, 0.1) is 11.8 Å². The molecular weight excluding hydrogens is 266 g/mol. The molecule has 108 valence electrons. The van der Waals surface area contributed by atoms with Crippen LogP contribution in [0.2, 0.25) is 0 Å². The van der Waals surface area contributed by atoms with Crippen LogP contribution in [0.15, 0.2) is 36.7 Å². The maximum atomic E-state index is 12.3. The lowest BCUT2D eigenvalue weighted by molar-refractivity contribution is 0.0938. The molecule has 0 radical (unpaired) electrons. The minimum Gasteiger partial charge on any atom is -0.395 e. The predicted octanol–water partition coefficient (Wildman–Crippen LogP) is 1.63. The number of nitrogens with zero attached hydrogens (tertiary/aromatic N) is 1. The highest BCUT2D eigenvalue weighted by atomic mass is 16.2. The average molecular weight is 283 g/mol. The fourth-order valence-corrected chi connectivity index (χ4v) is 1.86. The minimum atomic E-state index is -0.217. The molecule has 21 heavy (non-hydrogen) atoms. The molecule has 1 amide bonds. The molecule has 0 aliphatic heterocycles. The SMILES string of the molecule is CC(NC(=O)c1ccccc1C#CCCO)c1ncc[nH]1. The van der Waals surface area contributed by atoms with Gasteiger partial charge in [-0.15, -0.1) is 0 Å². The van der Waals surface area contributed by atoms with Crippen molar-refractivity contribution in [2.45, 2.75) is 19.4 Å². The predicted molar refractivity (Wildman–Crippen MR) is 79.5 cm³/mol. The van der Waals surface area contributed by atoms with Crippen LogP contribution in [0.4, 0.5) is 0 Å². The highest BCUT2D eigenvalue weighted by Crippen LogP contribution is 2.11. The zero-order valence-corrected chi connectivity index (χ0v) is 11.8. The molecule has 1 aromatic heterocycles. The van der Waals surface area contributed by atoms with Crippen LogP contribution in [-0.4, -0.2) is 27.6 Å². The largest absolute Gasteiger partial charge is 0.395 e. The Morgan fingerprint density at radius 3 is 3.00 bits per heavy atom. The van der Waals surface area contributed by atoms with Crippen molar-refractivity contribution in [2.75, 3.05) is 6.61 Å².